The molecule has 0 bridgehead atoms. The Labute approximate surface area is 195 Å². The first-order chi connectivity index (χ1) is 16.1. The summed E-state index contributed by atoms with van der Waals surface area (Å²) in [5, 5.41) is 9.85. The molecule has 0 aliphatic carbocycles. The first-order valence-corrected chi connectivity index (χ1v) is 11.9. The van der Waals surface area contributed by atoms with Crippen LogP contribution in [0.3, 0.4) is 0 Å². The molecule has 0 saturated carbocycles. The standard InChI is InChI=1S/C26H33N7/c1-4-7-9-21(8-5-2)33-17-20(14-30-33)31-25-13-19-12-24(32-26(27)23(19)16-29-25)22-15-28-11-10-18(22)6-3/h10-17,21H,4-9H2,1-3H3,(H2,27,32)(H,29,31). The molecule has 4 aromatic heterocycles. The van der Waals surface area contributed by atoms with E-state index >= 15 is 0 Å². The molecule has 0 amide bonds. The van der Waals surface area contributed by atoms with Crippen molar-refractivity contribution in [3.8, 4) is 11.3 Å². The Morgan fingerprint density at radius 2 is 1.94 bits per heavy atom. The van der Waals surface area contributed by atoms with E-state index in [1.54, 1.807) is 6.20 Å². The number of unbranched alkanes of at least 4 members (excludes halogenated alkanes) is 1. The number of rotatable bonds is 10. The maximum Gasteiger partial charge on any atom is 0.133 e. The van der Waals surface area contributed by atoms with Gasteiger partial charge in [0.1, 0.15) is 11.6 Å². The van der Waals surface area contributed by atoms with Crippen LogP contribution in [0.5, 0.6) is 0 Å². The van der Waals surface area contributed by atoms with Gasteiger partial charge in [0.15, 0.2) is 0 Å². The summed E-state index contributed by atoms with van der Waals surface area (Å²) in [4.78, 5) is 13.5. The summed E-state index contributed by atoms with van der Waals surface area (Å²) < 4.78 is 2.09. The summed E-state index contributed by atoms with van der Waals surface area (Å²) in [6.07, 6.45) is 16.2. The molecule has 0 aliphatic rings. The van der Waals surface area contributed by atoms with Gasteiger partial charge in [0, 0.05) is 35.7 Å². The fourth-order valence-corrected chi connectivity index (χ4v) is 4.27. The molecule has 0 aliphatic heterocycles. The molecule has 0 spiro atoms. The number of nitrogens with zero attached hydrogens (tertiary/aromatic N) is 5. The molecule has 3 N–H and O–H groups in total. The van der Waals surface area contributed by atoms with Crippen molar-refractivity contribution in [2.24, 2.45) is 0 Å². The van der Waals surface area contributed by atoms with Crippen molar-refractivity contribution < 1.29 is 0 Å². The van der Waals surface area contributed by atoms with Crippen molar-refractivity contribution in [2.45, 2.75) is 65.3 Å². The number of nitrogens with one attached hydrogen (secondary N) is 1. The fourth-order valence-electron chi connectivity index (χ4n) is 4.27. The Morgan fingerprint density at radius 3 is 2.73 bits per heavy atom. The highest BCUT2D eigenvalue weighted by Gasteiger charge is 2.13. The number of aryl methyl sites for hydroxylation is 1. The third-order valence-corrected chi connectivity index (χ3v) is 6.07. The summed E-state index contributed by atoms with van der Waals surface area (Å²) in [5.41, 5.74) is 10.3. The number of nitrogens with two attached hydrogens (primary N) is 1. The third kappa shape index (κ3) is 5.13. The number of aromatic nitrogens is 5. The van der Waals surface area contributed by atoms with E-state index in [0.29, 0.717) is 11.9 Å². The van der Waals surface area contributed by atoms with Crippen LogP contribution in [0.15, 0.2) is 49.2 Å². The van der Waals surface area contributed by atoms with Gasteiger partial charge in [0.2, 0.25) is 0 Å². The van der Waals surface area contributed by atoms with Gasteiger partial charge >= 0.3 is 0 Å². The second kappa shape index (κ2) is 10.4. The summed E-state index contributed by atoms with van der Waals surface area (Å²) in [6.45, 7) is 6.59. The number of anilines is 3. The molecule has 7 nitrogen and oxygen atoms in total. The van der Waals surface area contributed by atoms with Crippen LogP contribution in [0.1, 0.15) is 64.5 Å². The van der Waals surface area contributed by atoms with Gasteiger partial charge in [0.05, 0.1) is 23.6 Å². The molecule has 0 radical (unpaired) electrons. The zero-order valence-corrected chi connectivity index (χ0v) is 19.8. The number of nitrogen functional groups attached to an aromatic ring is 1. The zero-order valence-electron chi connectivity index (χ0n) is 19.8. The molecular weight excluding hydrogens is 410 g/mol. The van der Waals surface area contributed by atoms with Crippen LogP contribution in [-0.4, -0.2) is 24.7 Å². The van der Waals surface area contributed by atoms with Crippen LogP contribution in [-0.2, 0) is 6.42 Å². The highest BCUT2D eigenvalue weighted by molar-refractivity contribution is 5.94. The van der Waals surface area contributed by atoms with E-state index in [-0.39, 0.29) is 0 Å². The van der Waals surface area contributed by atoms with E-state index < -0.39 is 0 Å². The lowest BCUT2D eigenvalue weighted by Crippen LogP contribution is -2.09. The van der Waals surface area contributed by atoms with Crippen molar-refractivity contribution in [3.63, 3.8) is 0 Å². The highest BCUT2D eigenvalue weighted by Crippen LogP contribution is 2.30. The van der Waals surface area contributed by atoms with Gasteiger partial charge in [-0.2, -0.15) is 5.10 Å². The van der Waals surface area contributed by atoms with Crippen molar-refractivity contribution in [3.05, 3.63) is 54.7 Å². The van der Waals surface area contributed by atoms with Crippen LogP contribution in [0.4, 0.5) is 17.3 Å². The van der Waals surface area contributed by atoms with Crippen molar-refractivity contribution in [1.82, 2.24) is 24.7 Å². The van der Waals surface area contributed by atoms with Crippen LogP contribution < -0.4 is 11.1 Å². The molecule has 1 atom stereocenters. The quantitative estimate of drug-likeness (QED) is 0.298. The van der Waals surface area contributed by atoms with E-state index in [2.05, 4.69) is 63.1 Å². The Kier molecular flexibility index (Phi) is 7.17. The minimum atomic E-state index is 0.440. The summed E-state index contributed by atoms with van der Waals surface area (Å²) >= 11 is 0. The molecule has 4 rings (SSSR count). The van der Waals surface area contributed by atoms with Crippen LogP contribution in [0.2, 0.25) is 0 Å². The minimum absolute atomic E-state index is 0.440. The molecule has 33 heavy (non-hydrogen) atoms. The maximum absolute atomic E-state index is 6.29. The van der Waals surface area contributed by atoms with Crippen molar-refractivity contribution in [1.29, 1.82) is 0 Å². The van der Waals surface area contributed by atoms with Crippen LogP contribution >= 0.6 is 0 Å². The normalized spacial score (nSPS) is 12.2. The van der Waals surface area contributed by atoms with Crippen LogP contribution in [0, 0.1) is 0 Å². The summed E-state index contributed by atoms with van der Waals surface area (Å²) in [6, 6.07) is 6.54. The Morgan fingerprint density at radius 1 is 1.06 bits per heavy atom. The number of pyridine rings is 3. The number of hydrogen-bond donors (Lipinski definition) is 2. The molecule has 7 heteroatoms. The van der Waals surface area contributed by atoms with E-state index in [0.717, 1.165) is 59.2 Å². The predicted octanol–water partition coefficient (Wildman–Crippen LogP) is 6.31. The lowest BCUT2D eigenvalue weighted by atomic mass is 10.0. The first-order valence-electron chi connectivity index (χ1n) is 11.9. The summed E-state index contributed by atoms with van der Waals surface area (Å²) in [5.74, 6) is 1.22. The monoisotopic (exact) mass is 443 g/mol. The molecule has 4 aromatic rings. The average molecular weight is 444 g/mol. The smallest absolute Gasteiger partial charge is 0.133 e. The number of fused-ring (bicyclic) bond motifs is 1. The van der Waals surface area contributed by atoms with Gasteiger partial charge in [-0.25, -0.2) is 9.97 Å². The Bertz CT molecular complexity index is 1210. The Hall–Kier alpha value is -3.48. The lowest BCUT2D eigenvalue weighted by molar-refractivity contribution is 0.384. The molecule has 0 aromatic carbocycles. The predicted molar refractivity (Wildman–Crippen MR) is 136 cm³/mol. The second-order valence-electron chi connectivity index (χ2n) is 8.49. The zero-order chi connectivity index (χ0) is 23.2. The van der Waals surface area contributed by atoms with Gasteiger partial charge in [-0.1, -0.05) is 40.0 Å². The molecule has 1 unspecified atom stereocenters. The molecule has 0 fully saturated rings. The largest absolute Gasteiger partial charge is 0.383 e. The van der Waals surface area contributed by atoms with Crippen molar-refractivity contribution in [2.75, 3.05) is 11.1 Å². The fraction of sp³-hybridized carbons (Fsp3) is 0.385. The van der Waals surface area contributed by atoms with Crippen LogP contribution in [0.25, 0.3) is 22.0 Å². The minimum Gasteiger partial charge on any atom is -0.383 e. The van der Waals surface area contributed by atoms with Gasteiger partial charge in [-0.3, -0.25) is 9.67 Å². The van der Waals surface area contributed by atoms with E-state index in [1.807, 2.05) is 30.7 Å². The highest BCUT2D eigenvalue weighted by atomic mass is 15.3. The maximum atomic E-state index is 6.29. The van der Waals surface area contributed by atoms with Gasteiger partial charge in [-0.05, 0) is 48.4 Å². The third-order valence-electron chi connectivity index (χ3n) is 6.07. The van der Waals surface area contributed by atoms with Gasteiger partial charge < -0.3 is 11.1 Å². The average Bonchev–Trinajstić information content (AvgIpc) is 3.29. The van der Waals surface area contributed by atoms with Gasteiger partial charge in [0.25, 0.3) is 0 Å². The second-order valence-corrected chi connectivity index (χ2v) is 8.49. The van der Waals surface area contributed by atoms with E-state index in [4.69, 9.17) is 5.73 Å². The molecule has 4 heterocycles. The van der Waals surface area contributed by atoms with Gasteiger partial charge in [-0.15, -0.1) is 0 Å². The van der Waals surface area contributed by atoms with Crippen molar-refractivity contribution >= 4 is 28.1 Å². The topological polar surface area (TPSA) is 94.5 Å². The van der Waals surface area contributed by atoms with E-state index in [9.17, 15) is 0 Å². The lowest BCUT2D eigenvalue weighted by Gasteiger charge is -2.16. The summed E-state index contributed by atoms with van der Waals surface area (Å²) in [7, 11) is 0. The molecule has 0 saturated heterocycles. The first kappa shape index (κ1) is 22.7. The molecular formula is C26H33N7. The number of hydrogen-bond acceptors (Lipinski definition) is 6. The SMILES string of the molecule is CCCCC(CCC)n1cc(Nc2cc3cc(-c4cnccc4CC)nc(N)c3cn2)cn1. The molecule has 172 valence electrons. The Balaban J connectivity index is 1.61. The van der Waals surface area contributed by atoms with E-state index in [1.165, 1.54) is 18.4 Å².